The van der Waals surface area contributed by atoms with Crippen LogP contribution in [0.5, 0.6) is 0 Å². The summed E-state index contributed by atoms with van der Waals surface area (Å²) in [4.78, 5) is 11.2. The van der Waals surface area contributed by atoms with Gasteiger partial charge in [-0.2, -0.15) is 0 Å². The summed E-state index contributed by atoms with van der Waals surface area (Å²) in [6.07, 6.45) is -0.161. The van der Waals surface area contributed by atoms with Crippen LogP contribution < -0.4 is 4.72 Å². The van der Waals surface area contributed by atoms with Gasteiger partial charge >= 0.3 is 5.97 Å². The maximum Gasteiger partial charge on any atom is 0.306 e. The number of ether oxygens (including phenoxy) is 1. The summed E-state index contributed by atoms with van der Waals surface area (Å²) >= 11 is 3.34. The molecule has 0 atom stereocenters. The van der Waals surface area contributed by atoms with E-state index in [1.807, 2.05) is 26.0 Å². The normalized spacial score (nSPS) is 11.2. The first-order chi connectivity index (χ1) is 9.25. The van der Waals surface area contributed by atoms with E-state index in [9.17, 15) is 13.2 Å². The maximum absolute atomic E-state index is 12.0. The van der Waals surface area contributed by atoms with E-state index in [1.165, 1.54) is 0 Å². The minimum absolute atomic E-state index is 0.161. The second-order valence-corrected chi connectivity index (χ2v) is 7.11. The number of carbonyl (C=O) groups excluding carboxylic acids is 1. The van der Waals surface area contributed by atoms with Crippen LogP contribution in [0.2, 0.25) is 0 Å². The number of nitrogens with one attached hydrogen (secondary N) is 1. The minimum Gasteiger partial charge on any atom is -0.466 e. The van der Waals surface area contributed by atoms with Gasteiger partial charge in [0.15, 0.2) is 0 Å². The molecule has 0 aromatic heterocycles. The van der Waals surface area contributed by atoms with Crippen LogP contribution in [0.1, 0.15) is 24.5 Å². The van der Waals surface area contributed by atoms with Crippen molar-refractivity contribution >= 4 is 37.6 Å². The molecule has 1 N–H and O–H groups in total. The summed E-state index contributed by atoms with van der Waals surface area (Å²) < 4.78 is 31.8. The van der Waals surface area contributed by atoms with E-state index in [4.69, 9.17) is 4.74 Å². The SMILES string of the molecule is CCOC(=O)CCS(=O)(=O)Nc1c(C)cc(C)cc1Br. The Kier molecular flexibility index (Phi) is 6.01. The van der Waals surface area contributed by atoms with E-state index in [-0.39, 0.29) is 18.8 Å². The van der Waals surface area contributed by atoms with Crippen molar-refractivity contribution in [2.45, 2.75) is 27.2 Å². The van der Waals surface area contributed by atoms with Crippen molar-refractivity contribution in [3.63, 3.8) is 0 Å². The predicted octanol–water partition coefficient (Wildman–Crippen LogP) is 2.76. The molecule has 0 amide bonds. The fourth-order valence-corrected chi connectivity index (χ4v) is 3.73. The Morgan fingerprint density at radius 3 is 2.55 bits per heavy atom. The van der Waals surface area contributed by atoms with Gasteiger partial charge in [0, 0.05) is 4.47 Å². The van der Waals surface area contributed by atoms with E-state index >= 15 is 0 Å². The lowest BCUT2D eigenvalue weighted by Crippen LogP contribution is -2.20. The van der Waals surface area contributed by atoms with Crippen molar-refractivity contribution in [1.29, 1.82) is 0 Å². The quantitative estimate of drug-likeness (QED) is 0.788. The van der Waals surface area contributed by atoms with Crippen molar-refractivity contribution in [3.05, 3.63) is 27.7 Å². The first-order valence-electron chi connectivity index (χ1n) is 6.18. The molecule has 5 nitrogen and oxygen atoms in total. The van der Waals surface area contributed by atoms with Gasteiger partial charge in [-0.15, -0.1) is 0 Å². The standard InChI is InChI=1S/C13H18BrNO4S/c1-4-19-12(16)5-6-20(17,18)15-13-10(3)7-9(2)8-11(13)14/h7-8,15H,4-6H2,1-3H3. The lowest BCUT2D eigenvalue weighted by molar-refractivity contribution is -0.142. The minimum atomic E-state index is -3.59. The molecule has 0 aliphatic carbocycles. The Morgan fingerprint density at radius 1 is 1.35 bits per heavy atom. The number of aryl methyl sites for hydroxylation is 2. The molecule has 0 heterocycles. The van der Waals surface area contributed by atoms with Crippen molar-refractivity contribution in [2.75, 3.05) is 17.1 Å². The van der Waals surface area contributed by atoms with Gasteiger partial charge in [-0.3, -0.25) is 9.52 Å². The average Bonchev–Trinajstić information content (AvgIpc) is 2.32. The van der Waals surface area contributed by atoms with Crippen molar-refractivity contribution < 1.29 is 17.9 Å². The van der Waals surface area contributed by atoms with Gasteiger partial charge in [-0.1, -0.05) is 6.07 Å². The smallest absolute Gasteiger partial charge is 0.306 e. The summed E-state index contributed by atoms with van der Waals surface area (Å²) in [7, 11) is -3.59. The third-order valence-corrected chi connectivity index (χ3v) is 4.45. The first-order valence-corrected chi connectivity index (χ1v) is 8.62. The monoisotopic (exact) mass is 363 g/mol. The van der Waals surface area contributed by atoms with E-state index in [2.05, 4.69) is 20.7 Å². The molecule has 1 aromatic rings. The molecule has 0 radical (unpaired) electrons. The summed E-state index contributed by atoms with van der Waals surface area (Å²) in [5.41, 5.74) is 2.35. The van der Waals surface area contributed by atoms with Crippen LogP contribution in [0.15, 0.2) is 16.6 Å². The molecule has 1 aromatic carbocycles. The topological polar surface area (TPSA) is 72.5 Å². The van der Waals surface area contributed by atoms with Gasteiger partial charge in [-0.25, -0.2) is 8.42 Å². The summed E-state index contributed by atoms with van der Waals surface area (Å²) in [5, 5.41) is 0. The molecule has 0 spiro atoms. The van der Waals surface area contributed by atoms with E-state index < -0.39 is 16.0 Å². The zero-order chi connectivity index (χ0) is 15.3. The van der Waals surface area contributed by atoms with Crippen LogP contribution in [0.4, 0.5) is 5.69 Å². The second kappa shape index (κ2) is 7.08. The van der Waals surface area contributed by atoms with Crippen molar-refractivity contribution in [1.82, 2.24) is 0 Å². The Hall–Kier alpha value is -1.08. The molecule has 0 saturated carbocycles. The number of carbonyl (C=O) groups is 1. The highest BCUT2D eigenvalue weighted by atomic mass is 79.9. The lowest BCUT2D eigenvalue weighted by Gasteiger charge is -2.13. The number of rotatable bonds is 6. The van der Waals surface area contributed by atoms with E-state index in [1.54, 1.807) is 6.92 Å². The number of benzene rings is 1. The Labute approximate surface area is 127 Å². The molecule has 0 fully saturated rings. The molecule has 0 bridgehead atoms. The van der Waals surface area contributed by atoms with Crippen molar-refractivity contribution in [3.8, 4) is 0 Å². The van der Waals surface area contributed by atoms with Crippen LogP contribution in [0, 0.1) is 13.8 Å². The highest BCUT2D eigenvalue weighted by molar-refractivity contribution is 9.10. The molecule has 7 heteroatoms. The van der Waals surface area contributed by atoms with Crippen LogP contribution >= 0.6 is 15.9 Å². The fraction of sp³-hybridized carbons (Fsp3) is 0.462. The molecular formula is C13H18BrNO4S. The number of esters is 1. The Balaban J connectivity index is 2.79. The Morgan fingerprint density at radius 2 is 2.00 bits per heavy atom. The van der Waals surface area contributed by atoms with Crippen LogP contribution in [-0.4, -0.2) is 26.7 Å². The number of halogens is 1. The number of anilines is 1. The molecule has 0 aliphatic heterocycles. The highest BCUT2D eigenvalue weighted by Crippen LogP contribution is 2.28. The molecule has 0 unspecified atom stereocenters. The molecule has 0 aliphatic rings. The zero-order valence-electron chi connectivity index (χ0n) is 11.7. The van der Waals surface area contributed by atoms with Gasteiger partial charge in [0.25, 0.3) is 0 Å². The zero-order valence-corrected chi connectivity index (χ0v) is 14.1. The summed E-state index contributed by atoms with van der Waals surface area (Å²) in [6.45, 7) is 5.67. The third-order valence-electron chi connectivity index (χ3n) is 2.57. The highest BCUT2D eigenvalue weighted by Gasteiger charge is 2.16. The summed E-state index contributed by atoms with van der Waals surface area (Å²) in [6, 6.07) is 3.71. The second-order valence-electron chi connectivity index (χ2n) is 4.41. The van der Waals surface area contributed by atoms with Crippen LogP contribution in [0.25, 0.3) is 0 Å². The average molecular weight is 364 g/mol. The molecule has 20 heavy (non-hydrogen) atoms. The number of sulfonamides is 1. The van der Waals surface area contributed by atoms with Gasteiger partial charge in [0.1, 0.15) is 0 Å². The third kappa shape index (κ3) is 5.13. The molecule has 1 rings (SSSR count). The van der Waals surface area contributed by atoms with Gasteiger partial charge in [0.05, 0.1) is 24.5 Å². The molecule has 112 valence electrons. The number of hydrogen-bond acceptors (Lipinski definition) is 4. The van der Waals surface area contributed by atoms with Gasteiger partial charge < -0.3 is 4.74 Å². The van der Waals surface area contributed by atoms with E-state index in [0.717, 1.165) is 11.1 Å². The Bertz CT molecular complexity index is 575. The first kappa shape index (κ1) is 17.0. The van der Waals surface area contributed by atoms with Crippen molar-refractivity contribution in [2.24, 2.45) is 0 Å². The fourth-order valence-electron chi connectivity index (χ4n) is 1.70. The molecule has 0 saturated heterocycles. The molecular weight excluding hydrogens is 346 g/mol. The van der Waals surface area contributed by atoms with Gasteiger partial charge in [0.2, 0.25) is 10.0 Å². The van der Waals surface area contributed by atoms with Gasteiger partial charge in [-0.05, 0) is 53.9 Å². The number of hydrogen-bond donors (Lipinski definition) is 1. The summed E-state index contributed by atoms with van der Waals surface area (Å²) in [5.74, 6) is -0.816. The maximum atomic E-state index is 12.0. The lowest BCUT2D eigenvalue weighted by atomic mass is 10.1. The largest absolute Gasteiger partial charge is 0.466 e. The van der Waals surface area contributed by atoms with Crippen LogP contribution in [0.3, 0.4) is 0 Å². The predicted molar refractivity (Wildman–Crippen MR) is 82.3 cm³/mol. The van der Waals surface area contributed by atoms with Crippen LogP contribution in [-0.2, 0) is 19.6 Å². The van der Waals surface area contributed by atoms with E-state index in [0.29, 0.717) is 10.2 Å².